The molecule has 1 aliphatic rings. The summed E-state index contributed by atoms with van der Waals surface area (Å²) in [6, 6.07) is 6.49. The minimum absolute atomic E-state index is 0.0594. The first-order valence-electron chi connectivity index (χ1n) is 7.43. The molecule has 1 aromatic carbocycles. The van der Waals surface area contributed by atoms with E-state index in [1.807, 2.05) is 12.1 Å². The second-order valence-corrected chi connectivity index (χ2v) is 6.65. The molecule has 2 N–H and O–H groups in total. The standard InChI is InChI=1S/C16H24BrNO2/c1-11(2)18-10-12-9-13(7-8-14(12)17)20-16-6-4-3-5-15(16)19/h7-9,11,15-16,18-19H,3-6,10H2,1-2H3. The van der Waals surface area contributed by atoms with Crippen LogP contribution in [-0.4, -0.2) is 23.4 Å². The van der Waals surface area contributed by atoms with Crippen LogP contribution >= 0.6 is 15.9 Å². The van der Waals surface area contributed by atoms with Crippen LogP contribution in [0.4, 0.5) is 0 Å². The molecule has 20 heavy (non-hydrogen) atoms. The molecular formula is C16H24BrNO2. The number of halogens is 1. The predicted octanol–water partition coefficient (Wildman–Crippen LogP) is 3.63. The van der Waals surface area contributed by atoms with Crippen molar-refractivity contribution in [3.05, 3.63) is 28.2 Å². The minimum Gasteiger partial charge on any atom is -0.488 e. The first-order chi connectivity index (χ1) is 9.56. The molecule has 0 spiro atoms. The van der Waals surface area contributed by atoms with Crippen LogP contribution in [0.1, 0.15) is 45.1 Å². The summed E-state index contributed by atoms with van der Waals surface area (Å²) in [6.07, 6.45) is 3.64. The number of aliphatic hydroxyl groups excluding tert-OH is 1. The van der Waals surface area contributed by atoms with Crippen LogP contribution in [0, 0.1) is 0 Å². The van der Waals surface area contributed by atoms with Gasteiger partial charge in [0.1, 0.15) is 11.9 Å². The number of ether oxygens (including phenoxy) is 1. The quantitative estimate of drug-likeness (QED) is 0.859. The van der Waals surface area contributed by atoms with Gasteiger partial charge < -0.3 is 15.2 Å². The zero-order chi connectivity index (χ0) is 14.5. The summed E-state index contributed by atoms with van der Waals surface area (Å²) in [5.74, 6) is 0.847. The van der Waals surface area contributed by atoms with Crippen LogP contribution in [0.3, 0.4) is 0 Å². The van der Waals surface area contributed by atoms with E-state index < -0.39 is 0 Å². The van der Waals surface area contributed by atoms with E-state index in [1.165, 1.54) is 5.56 Å². The summed E-state index contributed by atoms with van der Waals surface area (Å²) >= 11 is 3.57. The van der Waals surface area contributed by atoms with Gasteiger partial charge in [-0.1, -0.05) is 36.2 Å². The summed E-state index contributed by atoms with van der Waals surface area (Å²) in [6.45, 7) is 5.07. The second-order valence-electron chi connectivity index (χ2n) is 5.80. The van der Waals surface area contributed by atoms with E-state index in [0.29, 0.717) is 6.04 Å². The van der Waals surface area contributed by atoms with Crippen LogP contribution in [0.25, 0.3) is 0 Å². The van der Waals surface area contributed by atoms with Crippen molar-refractivity contribution < 1.29 is 9.84 Å². The molecule has 4 heteroatoms. The summed E-state index contributed by atoms with van der Waals surface area (Å²) in [5.41, 5.74) is 1.18. The largest absolute Gasteiger partial charge is 0.488 e. The number of rotatable bonds is 5. The fourth-order valence-electron chi connectivity index (χ4n) is 2.46. The minimum atomic E-state index is -0.329. The zero-order valence-electron chi connectivity index (χ0n) is 12.2. The molecule has 2 unspecified atom stereocenters. The number of aliphatic hydroxyl groups is 1. The lowest BCUT2D eigenvalue weighted by Crippen LogP contribution is -2.34. The highest BCUT2D eigenvalue weighted by atomic mass is 79.9. The van der Waals surface area contributed by atoms with E-state index in [4.69, 9.17) is 4.74 Å². The molecule has 0 aliphatic heterocycles. The van der Waals surface area contributed by atoms with Gasteiger partial charge in [0.25, 0.3) is 0 Å². The van der Waals surface area contributed by atoms with E-state index in [-0.39, 0.29) is 12.2 Å². The highest BCUT2D eigenvalue weighted by Gasteiger charge is 2.24. The van der Waals surface area contributed by atoms with Crippen molar-refractivity contribution in [2.45, 2.75) is 64.3 Å². The molecule has 1 fully saturated rings. The van der Waals surface area contributed by atoms with Crippen molar-refractivity contribution >= 4 is 15.9 Å². The maximum absolute atomic E-state index is 9.98. The maximum Gasteiger partial charge on any atom is 0.124 e. The van der Waals surface area contributed by atoms with Gasteiger partial charge in [0.2, 0.25) is 0 Å². The van der Waals surface area contributed by atoms with Gasteiger partial charge in [-0.2, -0.15) is 0 Å². The molecule has 0 heterocycles. The average Bonchev–Trinajstić information content (AvgIpc) is 2.42. The first-order valence-corrected chi connectivity index (χ1v) is 8.22. The highest BCUT2D eigenvalue weighted by molar-refractivity contribution is 9.10. The molecule has 0 aromatic heterocycles. The van der Waals surface area contributed by atoms with E-state index in [9.17, 15) is 5.11 Å². The summed E-state index contributed by atoms with van der Waals surface area (Å²) < 4.78 is 7.06. The van der Waals surface area contributed by atoms with Gasteiger partial charge in [0, 0.05) is 17.1 Å². The molecule has 1 aliphatic carbocycles. The molecule has 112 valence electrons. The van der Waals surface area contributed by atoms with Crippen LogP contribution < -0.4 is 10.1 Å². The third kappa shape index (κ3) is 4.47. The molecule has 3 nitrogen and oxygen atoms in total. The van der Waals surface area contributed by atoms with Gasteiger partial charge in [-0.15, -0.1) is 0 Å². The Morgan fingerprint density at radius 1 is 1.35 bits per heavy atom. The van der Waals surface area contributed by atoms with Crippen molar-refractivity contribution in [1.82, 2.24) is 5.32 Å². The summed E-state index contributed by atoms with van der Waals surface area (Å²) in [7, 11) is 0. The molecule has 1 aromatic rings. The smallest absolute Gasteiger partial charge is 0.124 e. The van der Waals surface area contributed by atoms with Crippen LogP contribution in [0.2, 0.25) is 0 Å². The third-order valence-corrected chi connectivity index (χ3v) is 4.45. The van der Waals surface area contributed by atoms with E-state index in [2.05, 4.69) is 41.2 Å². The lowest BCUT2D eigenvalue weighted by atomic mass is 9.95. The van der Waals surface area contributed by atoms with Crippen molar-refractivity contribution in [3.63, 3.8) is 0 Å². The number of hydrogen-bond acceptors (Lipinski definition) is 3. The monoisotopic (exact) mass is 341 g/mol. The lowest BCUT2D eigenvalue weighted by molar-refractivity contribution is 0.00683. The van der Waals surface area contributed by atoms with Crippen molar-refractivity contribution in [2.75, 3.05) is 0 Å². The Balaban J connectivity index is 2.02. The topological polar surface area (TPSA) is 41.5 Å². The van der Waals surface area contributed by atoms with Crippen molar-refractivity contribution in [2.24, 2.45) is 0 Å². The molecule has 0 bridgehead atoms. The molecular weight excluding hydrogens is 318 g/mol. The maximum atomic E-state index is 9.98. The van der Waals surface area contributed by atoms with Gasteiger partial charge in [0.15, 0.2) is 0 Å². The van der Waals surface area contributed by atoms with Crippen LogP contribution in [0.15, 0.2) is 22.7 Å². The SMILES string of the molecule is CC(C)NCc1cc(OC2CCCCC2O)ccc1Br. The van der Waals surface area contributed by atoms with Gasteiger partial charge >= 0.3 is 0 Å². The van der Waals surface area contributed by atoms with E-state index in [1.54, 1.807) is 0 Å². The predicted molar refractivity (Wildman–Crippen MR) is 85.0 cm³/mol. The van der Waals surface area contributed by atoms with Gasteiger partial charge in [-0.25, -0.2) is 0 Å². The molecule has 0 amide bonds. The normalized spacial score (nSPS) is 23.1. The third-order valence-electron chi connectivity index (χ3n) is 3.67. The van der Waals surface area contributed by atoms with Crippen molar-refractivity contribution in [3.8, 4) is 5.75 Å². The Labute approximate surface area is 129 Å². The second kappa shape index (κ2) is 7.43. The number of hydrogen-bond donors (Lipinski definition) is 2. The van der Waals surface area contributed by atoms with E-state index in [0.717, 1.165) is 42.5 Å². The fraction of sp³-hybridized carbons (Fsp3) is 0.625. The number of nitrogens with one attached hydrogen (secondary N) is 1. The zero-order valence-corrected chi connectivity index (χ0v) is 13.8. The first kappa shape index (κ1) is 15.8. The Bertz CT molecular complexity index is 436. The molecule has 2 atom stereocenters. The Hall–Kier alpha value is -0.580. The summed E-state index contributed by atoms with van der Waals surface area (Å²) in [4.78, 5) is 0. The average molecular weight is 342 g/mol. The molecule has 0 radical (unpaired) electrons. The van der Waals surface area contributed by atoms with Crippen LogP contribution in [-0.2, 0) is 6.54 Å². The van der Waals surface area contributed by atoms with Gasteiger partial charge in [-0.3, -0.25) is 0 Å². The highest BCUT2D eigenvalue weighted by Crippen LogP contribution is 2.27. The van der Waals surface area contributed by atoms with Gasteiger partial charge in [-0.05, 0) is 43.0 Å². The van der Waals surface area contributed by atoms with Crippen molar-refractivity contribution in [1.29, 1.82) is 0 Å². The molecule has 2 rings (SSSR count). The summed E-state index contributed by atoms with van der Waals surface area (Å²) in [5, 5.41) is 13.4. The lowest BCUT2D eigenvalue weighted by Gasteiger charge is -2.28. The van der Waals surface area contributed by atoms with Crippen LogP contribution in [0.5, 0.6) is 5.75 Å². The Morgan fingerprint density at radius 3 is 2.80 bits per heavy atom. The molecule has 0 saturated heterocycles. The Morgan fingerprint density at radius 2 is 2.10 bits per heavy atom. The van der Waals surface area contributed by atoms with Gasteiger partial charge in [0.05, 0.1) is 6.10 Å². The molecule has 1 saturated carbocycles. The van der Waals surface area contributed by atoms with E-state index >= 15 is 0 Å². The number of benzene rings is 1. The Kier molecular flexibility index (Phi) is 5.87. The fourth-order valence-corrected chi connectivity index (χ4v) is 2.85.